The maximum absolute atomic E-state index is 13.2. The highest BCUT2D eigenvalue weighted by molar-refractivity contribution is 6.31. The van der Waals surface area contributed by atoms with Gasteiger partial charge in [-0.25, -0.2) is 0 Å². The van der Waals surface area contributed by atoms with Gasteiger partial charge in [-0.15, -0.1) is 0 Å². The molecule has 1 saturated carbocycles. The van der Waals surface area contributed by atoms with E-state index in [0.717, 1.165) is 49.1 Å². The van der Waals surface area contributed by atoms with Crippen LogP contribution in [0.2, 0.25) is 5.02 Å². The number of carbonyl (C=O) groups is 2. The predicted octanol–water partition coefficient (Wildman–Crippen LogP) is 5.32. The minimum Gasteiger partial charge on any atom is -0.385 e. The van der Waals surface area contributed by atoms with Crippen LogP contribution in [0.15, 0.2) is 23.2 Å². The number of fused-ring (bicyclic) bond motifs is 1. The lowest BCUT2D eigenvalue weighted by Crippen LogP contribution is -2.41. The third-order valence-electron chi connectivity index (χ3n) is 6.04. The van der Waals surface area contributed by atoms with Gasteiger partial charge in [0.1, 0.15) is 12.3 Å². The van der Waals surface area contributed by atoms with Crippen molar-refractivity contribution in [1.82, 2.24) is 0 Å². The molecule has 0 bridgehead atoms. The van der Waals surface area contributed by atoms with Crippen LogP contribution in [0.25, 0.3) is 0 Å². The molecule has 1 aromatic carbocycles. The number of aliphatic imine (C=N–C) groups is 1. The molecule has 166 valence electrons. The molecule has 2 aliphatic rings. The van der Waals surface area contributed by atoms with Gasteiger partial charge in [-0.2, -0.15) is 0 Å². The standard InChI is InChI=1S/C21H27ClN2O2.C3H8O/c1-3-14(2)19-21(26)24(11-12-25)18-10-9-16(22)13-17(18)20(23-19)15-7-5-4-6-8-15;1-3-4-2/h9-10,12-15,19H,3-8,11H2,1-2H3;3H2,1-2H3. The Kier molecular flexibility index (Phi) is 9.99. The van der Waals surface area contributed by atoms with Gasteiger partial charge in [0.05, 0.1) is 12.2 Å². The molecule has 0 N–H and O–H groups in total. The molecule has 2 atom stereocenters. The number of rotatable bonds is 6. The Hall–Kier alpha value is -1.72. The first-order valence-electron chi connectivity index (χ1n) is 11.1. The Balaban J connectivity index is 0.000000735. The zero-order valence-corrected chi connectivity index (χ0v) is 19.5. The van der Waals surface area contributed by atoms with Crippen molar-refractivity contribution in [1.29, 1.82) is 0 Å². The fraction of sp³-hybridized carbons (Fsp3) is 0.625. The quantitative estimate of drug-likeness (QED) is 0.569. The lowest BCUT2D eigenvalue weighted by molar-refractivity contribution is -0.121. The first-order valence-corrected chi connectivity index (χ1v) is 11.5. The SMILES string of the molecule is CCC(C)C1N=C(C2CCCCC2)c2cc(Cl)ccc2N(CC=O)C1=O.CCOC. The van der Waals surface area contributed by atoms with Gasteiger partial charge in [-0.3, -0.25) is 9.79 Å². The van der Waals surface area contributed by atoms with Crippen molar-refractivity contribution in [2.75, 3.05) is 25.2 Å². The highest BCUT2D eigenvalue weighted by Crippen LogP contribution is 2.36. The number of ether oxygens (including phenoxy) is 1. The maximum Gasteiger partial charge on any atom is 0.252 e. The summed E-state index contributed by atoms with van der Waals surface area (Å²) in [4.78, 5) is 31.1. The smallest absolute Gasteiger partial charge is 0.252 e. The normalized spacial score (nSPS) is 20.4. The van der Waals surface area contributed by atoms with E-state index in [0.29, 0.717) is 10.9 Å². The second-order valence-corrected chi connectivity index (χ2v) is 8.47. The van der Waals surface area contributed by atoms with E-state index in [9.17, 15) is 9.59 Å². The molecule has 0 saturated heterocycles. The summed E-state index contributed by atoms with van der Waals surface area (Å²) in [5, 5.41) is 0.632. The van der Waals surface area contributed by atoms with Crippen LogP contribution in [0.3, 0.4) is 0 Å². The highest BCUT2D eigenvalue weighted by Gasteiger charge is 2.36. The number of aldehydes is 1. The maximum atomic E-state index is 13.2. The van der Waals surface area contributed by atoms with Crippen LogP contribution in [0, 0.1) is 11.8 Å². The second kappa shape index (κ2) is 12.2. The van der Waals surface area contributed by atoms with Gasteiger partial charge >= 0.3 is 0 Å². The van der Waals surface area contributed by atoms with Crippen molar-refractivity contribution in [2.24, 2.45) is 16.8 Å². The number of methoxy groups -OCH3 is 1. The number of anilines is 1. The fourth-order valence-electron chi connectivity index (χ4n) is 4.06. The third-order valence-corrected chi connectivity index (χ3v) is 6.28. The first kappa shape index (κ1) is 24.5. The summed E-state index contributed by atoms with van der Waals surface area (Å²) >= 11 is 6.29. The summed E-state index contributed by atoms with van der Waals surface area (Å²) in [5.41, 5.74) is 2.70. The summed E-state index contributed by atoms with van der Waals surface area (Å²) in [6.45, 7) is 6.97. The topological polar surface area (TPSA) is 59.0 Å². The average Bonchev–Trinajstić information content (AvgIpc) is 2.89. The average molecular weight is 435 g/mol. The third kappa shape index (κ3) is 5.92. The number of benzene rings is 1. The van der Waals surface area contributed by atoms with Crippen LogP contribution in [-0.2, 0) is 14.3 Å². The summed E-state index contributed by atoms with van der Waals surface area (Å²) < 4.78 is 4.54. The van der Waals surface area contributed by atoms with E-state index in [1.165, 1.54) is 19.3 Å². The Bertz CT molecular complexity index is 742. The Morgan fingerprint density at radius 3 is 2.50 bits per heavy atom. The van der Waals surface area contributed by atoms with E-state index >= 15 is 0 Å². The molecule has 1 fully saturated rings. The predicted molar refractivity (Wildman–Crippen MR) is 124 cm³/mol. The Morgan fingerprint density at radius 1 is 1.27 bits per heavy atom. The van der Waals surface area contributed by atoms with Crippen molar-refractivity contribution in [3.05, 3.63) is 28.8 Å². The molecule has 1 aromatic rings. The Morgan fingerprint density at radius 2 is 1.93 bits per heavy atom. The lowest BCUT2D eigenvalue weighted by atomic mass is 9.82. The lowest BCUT2D eigenvalue weighted by Gasteiger charge is -2.25. The molecule has 0 spiro atoms. The van der Waals surface area contributed by atoms with Crippen LogP contribution in [0.4, 0.5) is 5.69 Å². The van der Waals surface area contributed by atoms with E-state index in [2.05, 4.69) is 18.6 Å². The molecule has 1 heterocycles. The molecule has 0 radical (unpaired) electrons. The fourth-order valence-corrected chi connectivity index (χ4v) is 4.23. The van der Waals surface area contributed by atoms with Gasteiger partial charge in [0.25, 0.3) is 5.91 Å². The molecule has 2 unspecified atom stereocenters. The number of amides is 1. The zero-order valence-electron chi connectivity index (χ0n) is 18.7. The molecule has 1 aliphatic carbocycles. The van der Waals surface area contributed by atoms with Crippen LogP contribution >= 0.6 is 11.6 Å². The van der Waals surface area contributed by atoms with Crippen LogP contribution in [0.5, 0.6) is 0 Å². The first-order chi connectivity index (χ1) is 14.5. The van der Waals surface area contributed by atoms with E-state index in [-0.39, 0.29) is 18.4 Å². The van der Waals surface area contributed by atoms with Gasteiger partial charge < -0.3 is 14.4 Å². The minimum absolute atomic E-state index is 0.0495. The molecule has 30 heavy (non-hydrogen) atoms. The van der Waals surface area contributed by atoms with E-state index in [1.807, 2.05) is 19.1 Å². The van der Waals surface area contributed by atoms with Crippen molar-refractivity contribution in [2.45, 2.75) is 65.3 Å². The van der Waals surface area contributed by atoms with Gasteiger partial charge in [0, 0.05) is 35.9 Å². The van der Waals surface area contributed by atoms with Crippen LogP contribution in [-0.4, -0.2) is 44.2 Å². The van der Waals surface area contributed by atoms with Crippen molar-refractivity contribution >= 4 is 35.2 Å². The molecule has 0 aromatic heterocycles. The molecule has 3 rings (SSSR count). The number of carbonyl (C=O) groups excluding carboxylic acids is 2. The molecule has 5 nitrogen and oxygen atoms in total. The molecular weight excluding hydrogens is 400 g/mol. The largest absolute Gasteiger partial charge is 0.385 e. The zero-order chi connectivity index (χ0) is 22.1. The monoisotopic (exact) mass is 434 g/mol. The van der Waals surface area contributed by atoms with Crippen molar-refractivity contribution in [3.63, 3.8) is 0 Å². The number of hydrogen-bond acceptors (Lipinski definition) is 4. The summed E-state index contributed by atoms with van der Waals surface area (Å²) in [5.74, 6) is 0.400. The van der Waals surface area contributed by atoms with Crippen molar-refractivity contribution in [3.8, 4) is 0 Å². The highest BCUT2D eigenvalue weighted by atomic mass is 35.5. The Labute approximate surface area is 185 Å². The molecule has 6 heteroatoms. The molecule has 1 aliphatic heterocycles. The van der Waals surface area contributed by atoms with Gasteiger partial charge in [0.15, 0.2) is 0 Å². The van der Waals surface area contributed by atoms with Gasteiger partial charge in [0.2, 0.25) is 0 Å². The van der Waals surface area contributed by atoms with Gasteiger partial charge in [-0.05, 0) is 43.9 Å². The second-order valence-electron chi connectivity index (χ2n) is 8.03. The number of hydrogen-bond donors (Lipinski definition) is 0. The minimum atomic E-state index is -0.442. The van der Waals surface area contributed by atoms with E-state index in [1.54, 1.807) is 18.1 Å². The van der Waals surface area contributed by atoms with E-state index < -0.39 is 6.04 Å². The van der Waals surface area contributed by atoms with Crippen LogP contribution < -0.4 is 4.90 Å². The number of benzodiazepines with no additional fused rings is 1. The van der Waals surface area contributed by atoms with E-state index in [4.69, 9.17) is 16.6 Å². The van der Waals surface area contributed by atoms with Crippen LogP contribution in [0.1, 0.15) is 64.9 Å². The van der Waals surface area contributed by atoms with Crippen molar-refractivity contribution < 1.29 is 14.3 Å². The summed E-state index contributed by atoms with van der Waals surface area (Å²) in [6.07, 6.45) is 7.50. The summed E-state index contributed by atoms with van der Waals surface area (Å²) in [7, 11) is 1.68. The van der Waals surface area contributed by atoms with Gasteiger partial charge in [-0.1, -0.05) is 51.1 Å². The molecule has 1 amide bonds. The number of nitrogens with zero attached hydrogens (tertiary/aromatic N) is 2. The molecular formula is C24H35ClN2O3. The summed E-state index contributed by atoms with van der Waals surface area (Å²) in [6, 6.07) is 5.11. The number of halogens is 1.